The molecule has 0 spiro atoms. The van der Waals surface area contributed by atoms with Crippen LogP contribution in [0.5, 0.6) is 0 Å². The lowest BCUT2D eigenvalue weighted by molar-refractivity contribution is -0.709. The number of anilines is 1. The van der Waals surface area contributed by atoms with E-state index in [1.807, 2.05) is 49.5 Å². The topological polar surface area (TPSA) is 45.7 Å². The number of nitrogens with two attached hydrogens (primary N) is 1. The molecule has 0 fully saturated rings. The summed E-state index contributed by atoms with van der Waals surface area (Å²) in [6, 6.07) is 13.4. The molecule has 3 nitrogen and oxygen atoms in total. The lowest BCUT2D eigenvalue weighted by atomic mass is 10.0. The van der Waals surface area contributed by atoms with Crippen molar-refractivity contribution in [3.05, 3.63) is 65.7 Å². The van der Waals surface area contributed by atoms with Crippen LogP contribution in [0.15, 0.2) is 54.6 Å². The molecule has 2 aromatic rings. The van der Waals surface area contributed by atoms with Gasteiger partial charge < -0.3 is 10.6 Å². The van der Waals surface area contributed by atoms with Gasteiger partial charge >= 0.3 is 6.18 Å². The summed E-state index contributed by atoms with van der Waals surface area (Å²) < 4.78 is 38.3. The molecule has 0 aliphatic heterocycles. The summed E-state index contributed by atoms with van der Waals surface area (Å²) in [6.45, 7) is 3.90. The van der Waals surface area contributed by atoms with Gasteiger partial charge in [-0.1, -0.05) is 36.4 Å². The van der Waals surface area contributed by atoms with Crippen LogP contribution in [0, 0.1) is 0 Å². The van der Waals surface area contributed by atoms with Gasteiger partial charge in [0.2, 0.25) is 0 Å². The third-order valence-electron chi connectivity index (χ3n) is 3.48. The Labute approximate surface area is 138 Å². The molecule has 2 rings (SSSR count). The van der Waals surface area contributed by atoms with Crippen molar-refractivity contribution >= 4 is 11.6 Å². The number of benzene rings is 2. The smallest absolute Gasteiger partial charge is 0.330 e. The van der Waals surface area contributed by atoms with Crippen molar-refractivity contribution in [1.82, 2.24) is 0 Å². The van der Waals surface area contributed by atoms with Crippen molar-refractivity contribution in [1.29, 1.82) is 0 Å². The number of amides is 1. The Morgan fingerprint density at radius 3 is 2.29 bits per heavy atom. The molecule has 6 heteroatoms. The second kappa shape index (κ2) is 7.49. The summed E-state index contributed by atoms with van der Waals surface area (Å²) >= 11 is 0. The zero-order chi connectivity index (χ0) is 17.7. The molecule has 0 aromatic heterocycles. The molecule has 0 unspecified atom stereocenters. The molecule has 128 valence electrons. The van der Waals surface area contributed by atoms with Crippen molar-refractivity contribution < 1.29 is 23.3 Å². The summed E-state index contributed by atoms with van der Waals surface area (Å²) in [5, 5.41) is 4.46. The Balaban J connectivity index is 2.22. The molecule has 0 aliphatic carbocycles. The molecule has 0 bridgehead atoms. The summed E-state index contributed by atoms with van der Waals surface area (Å²) in [4.78, 5) is 12.6. The fraction of sp³-hybridized carbons (Fsp3) is 0.278. The van der Waals surface area contributed by atoms with E-state index in [4.69, 9.17) is 0 Å². The fourth-order valence-corrected chi connectivity index (χ4v) is 2.39. The Hall–Kier alpha value is -2.34. The Kier molecular flexibility index (Phi) is 5.62. The molecule has 3 N–H and O–H groups in total. The number of nitrogens with one attached hydrogen (secondary N) is 1. The average molecular weight is 337 g/mol. The largest absolute Gasteiger partial charge is 0.416 e. The van der Waals surface area contributed by atoms with Gasteiger partial charge in [0, 0.05) is 11.3 Å². The van der Waals surface area contributed by atoms with Crippen molar-refractivity contribution in [3.8, 4) is 0 Å². The van der Waals surface area contributed by atoms with E-state index >= 15 is 0 Å². The normalized spacial score (nSPS) is 12.9. The van der Waals surface area contributed by atoms with Crippen LogP contribution in [-0.2, 0) is 11.0 Å². The third-order valence-corrected chi connectivity index (χ3v) is 3.48. The molecule has 0 radical (unpaired) electrons. The number of hydrogen-bond donors (Lipinski definition) is 2. The van der Waals surface area contributed by atoms with Crippen LogP contribution in [0.2, 0.25) is 0 Å². The molecule has 0 saturated carbocycles. The first kappa shape index (κ1) is 18.0. The van der Waals surface area contributed by atoms with Gasteiger partial charge in [0.05, 0.1) is 11.6 Å². The van der Waals surface area contributed by atoms with Gasteiger partial charge in [-0.05, 0) is 32.0 Å². The maximum absolute atomic E-state index is 12.8. The molecule has 0 aliphatic rings. The second-order valence-corrected chi connectivity index (χ2v) is 5.89. The number of carbonyl (C=O) groups is 1. The number of rotatable bonds is 5. The number of hydrogen-bond acceptors (Lipinski definition) is 1. The summed E-state index contributed by atoms with van der Waals surface area (Å²) in [6.07, 6.45) is -4.44. The van der Waals surface area contributed by atoms with Gasteiger partial charge in [-0.25, -0.2) is 0 Å². The minimum absolute atomic E-state index is 0.132. The Bertz CT molecular complexity index is 684. The maximum atomic E-state index is 12.8. The third kappa shape index (κ3) is 4.83. The lowest BCUT2D eigenvalue weighted by Crippen LogP contribution is -2.91. The lowest BCUT2D eigenvalue weighted by Gasteiger charge is -2.18. The van der Waals surface area contributed by atoms with E-state index in [0.29, 0.717) is 0 Å². The summed E-state index contributed by atoms with van der Waals surface area (Å²) in [5.74, 6) is -0.353. The highest BCUT2D eigenvalue weighted by Crippen LogP contribution is 2.30. The van der Waals surface area contributed by atoms with E-state index in [1.165, 1.54) is 12.1 Å². The van der Waals surface area contributed by atoms with Crippen molar-refractivity contribution in [2.75, 3.05) is 5.32 Å². The van der Waals surface area contributed by atoms with E-state index in [9.17, 15) is 18.0 Å². The fourth-order valence-electron chi connectivity index (χ4n) is 2.39. The van der Waals surface area contributed by atoms with Gasteiger partial charge in [0.15, 0.2) is 6.04 Å². The quantitative estimate of drug-likeness (QED) is 0.863. The summed E-state index contributed by atoms with van der Waals surface area (Å²) in [5.41, 5.74) is 0.146. The van der Waals surface area contributed by atoms with E-state index in [0.717, 1.165) is 17.7 Å². The number of halogens is 3. The van der Waals surface area contributed by atoms with E-state index < -0.39 is 17.8 Å². The average Bonchev–Trinajstić information content (AvgIpc) is 2.52. The maximum Gasteiger partial charge on any atom is 0.416 e. The van der Waals surface area contributed by atoms with E-state index in [-0.39, 0.29) is 17.6 Å². The predicted molar refractivity (Wildman–Crippen MR) is 86.3 cm³/mol. The van der Waals surface area contributed by atoms with Crippen LogP contribution >= 0.6 is 0 Å². The number of alkyl halides is 3. The van der Waals surface area contributed by atoms with Gasteiger partial charge in [0.1, 0.15) is 0 Å². The minimum atomic E-state index is -4.44. The highest BCUT2D eigenvalue weighted by molar-refractivity contribution is 5.94. The first-order valence-corrected chi connectivity index (χ1v) is 7.65. The first-order chi connectivity index (χ1) is 11.3. The van der Waals surface area contributed by atoms with Crippen molar-refractivity contribution in [3.63, 3.8) is 0 Å². The second-order valence-electron chi connectivity index (χ2n) is 5.89. The van der Waals surface area contributed by atoms with Crippen molar-refractivity contribution in [2.45, 2.75) is 32.1 Å². The van der Waals surface area contributed by atoms with Crippen LogP contribution < -0.4 is 10.6 Å². The predicted octanol–water partition coefficient (Wildman–Crippen LogP) is 3.36. The van der Waals surface area contributed by atoms with Gasteiger partial charge in [-0.3, -0.25) is 4.79 Å². The molecule has 24 heavy (non-hydrogen) atoms. The molecule has 0 heterocycles. The van der Waals surface area contributed by atoms with Crippen LogP contribution in [0.25, 0.3) is 0 Å². The van der Waals surface area contributed by atoms with Crippen LogP contribution in [-0.4, -0.2) is 11.9 Å². The van der Waals surface area contributed by atoms with Crippen molar-refractivity contribution in [2.24, 2.45) is 0 Å². The highest BCUT2D eigenvalue weighted by Gasteiger charge is 2.31. The Morgan fingerprint density at radius 2 is 1.71 bits per heavy atom. The number of carbonyl (C=O) groups excluding carboxylic acids is 1. The van der Waals surface area contributed by atoms with Gasteiger partial charge in [-0.2, -0.15) is 13.2 Å². The van der Waals surface area contributed by atoms with Crippen LogP contribution in [0.3, 0.4) is 0 Å². The van der Waals surface area contributed by atoms with Crippen LogP contribution in [0.1, 0.15) is 31.0 Å². The first-order valence-electron chi connectivity index (χ1n) is 7.65. The zero-order valence-corrected chi connectivity index (χ0v) is 13.5. The molecule has 0 saturated heterocycles. The molecular weight excluding hydrogens is 317 g/mol. The van der Waals surface area contributed by atoms with E-state index in [1.54, 1.807) is 0 Å². The molecule has 2 aromatic carbocycles. The van der Waals surface area contributed by atoms with Gasteiger partial charge in [-0.15, -0.1) is 0 Å². The zero-order valence-electron chi connectivity index (χ0n) is 13.5. The molecule has 1 amide bonds. The number of quaternary nitrogens is 1. The standard InChI is InChI=1S/C18H19F3N2O/c1-12(2)22-16(13-7-4-3-5-8-13)17(24)23-15-10-6-9-14(11-15)18(19,20)21/h3-12,16,22H,1-2H3,(H,23,24)/p+1/t16-/m1/s1. The molecular formula is C18H20F3N2O+. The van der Waals surface area contributed by atoms with Gasteiger partial charge in [0.25, 0.3) is 5.91 Å². The summed E-state index contributed by atoms with van der Waals surface area (Å²) in [7, 11) is 0. The SMILES string of the molecule is CC(C)[NH2+][C@@H](C(=O)Nc1cccc(C(F)(F)F)c1)c1ccccc1. The van der Waals surface area contributed by atoms with E-state index in [2.05, 4.69) is 5.32 Å². The van der Waals surface area contributed by atoms with Crippen LogP contribution in [0.4, 0.5) is 18.9 Å². The highest BCUT2D eigenvalue weighted by atomic mass is 19.4. The molecule has 1 atom stereocenters. The minimum Gasteiger partial charge on any atom is -0.330 e. The monoisotopic (exact) mass is 337 g/mol. The Morgan fingerprint density at radius 1 is 1.04 bits per heavy atom.